The van der Waals surface area contributed by atoms with Crippen LogP contribution in [0.2, 0.25) is 5.02 Å². The first-order chi connectivity index (χ1) is 14.5. The maximum atomic E-state index is 12.2. The molecule has 5 rings (SSSR count). The van der Waals surface area contributed by atoms with Crippen LogP contribution in [0.15, 0.2) is 36.4 Å². The van der Waals surface area contributed by atoms with E-state index in [1.165, 1.54) is 37.0 Å². The van der Waals surface area contributed by atoms with Gasteiger partial charge in [0.1, 0.15) is 0 Å². The summed E-state index contributed by atoms with van der Waals surface area (Å²) in [5, 5.41) is 11.8. The average Bonchev–Trinajstić information content (AvgIpc) is 3.27. The van der Waals surface area contributed by atoms with Crippen LogP contribution in [-0.4, -0.2) is 24.2 Å². The van der Waals surface area contributed by atoms with Crippen molar-refractivity contribution in [3.63, 3.8) is 0 Å². The monoisotopic (exact) mass is 439 g/mol. The molecule has 1 aliphatic heterocycles. The van der Waals surface area contributed by atoms with E-state index in [0.717, 1.165) is 50.9 Å². The molecule has 2 heterocycles. The van der Waals surface area contributed by atoms with Gasteiger partial charge in [0, 0.05) is 38.6 Å². The minimum atomic E-state index is -0.852. The molecule has 0 spiro atoms. The lowest BCUT2D eigenvalue weighted by Crippen LogP contribution is -2.23. The van der Waals surface area contributed by atoms with E-state index >= 15 is 0 Å². The number of fused-ring (bicyclic) bond motifs is 1. The first-order valence-electron chi connectivity index (χ1n) is 10.8. The summed E-state index contributed by atoms with van der Waals surface area (Å²) in [6.45, 7) is 4.03. The molecule has 1 saturated carbocycles. The Kier molecular flexibility index (Phi) is 5.24. The second kappa shape index (κ2) is 7.90. The number of benzene rings is 2. The summed E-state index contributed by atoms with van der Waals surface area (Å²) in [5.74, 6) is 0.749. The van der Waals surface area contributed by atoms with Gasteiger partial charge in [-0.3, -0.25) is 0 Å². The van der Waals surface area contributed by atoms with E-state index in [1.54, 1.807) is 11.3 Å². The molecule has 3 aromatic rings. The summed E-state index contributed by atoms with van der Waals surface area (Å²) in [4.78, 5) is 15.6. The van der Waals surface area contributed by atoms with Crippen molar-refractivity contribution in [1.29, 1.82) is 0 Å². The number of nitrogens with zero attached hydrogens (tertiary/aromatic N) is 1. The SMILES string of the molecule is Cc1sc2cc(Cl)ccc2c1-c1ccc(N2CC[C@@H](CC3CCC3)C2)c(C(=O)O)c1. The normalized spacial score (nSPS) is 19.4. The van der Waals surface area contributed by atoms with Gasteiger partial charge in [-0.25, -0.2) is 4.79 Å². The Hall–Kier alpha value is -2.04. The van der Waals surface area contributed by atoms with E-state index in [0.29, 0.717) is 11.5 Å². The van der Waals surface area contributed by atoms with Gasteiger partial charge in [-0.05, 0) is 61.4 Å². The van der Waals surface area contributed by atoms with Gasteiger partial charge in [0.2, 0.25) is 0 Å². The van der Waals surface area contributed by atoms with Crippen LogP contribution < -0.4 is 4.90 Å². The van der Waals surface area contributed by atoms with Crippen LogP contribution in [0, 0.1) is 18.8 Å². The third-order valence-corrected chi connectivity index (χ3v) is 8.16. The predicted octanol–water partition coefficient (Wildman–Crippen LogP) is 7.24. The van der Waals surface area contributed by atoms with Crippen LogP contribution in [0.4, 0.5) is 5.69 Å². The summed E-state index contributed by atoms with van der Waals surface area (Å²) in [5.41, 5.74) is 3.35. The predicted molar refractivity (Wildman–Crippen MR) is 126 cm³/mol. The molecule has 0 unspecified atom stereocenters. The highest BCUT2D eigenvalue weighted by Gasteiger charge is 2.29. The van der Waals surface area contributed by atoms with Crippen molar-refractivity contribution in [1.82, 2.24) is 0 Å². The Morgan fingerprint density at radius 2 is 2.00 bits per heavy atom. The average molecular weight is 440 g/mol. The third-order valence-electron chi connectivity index (χ3n) is 6.86. The number of rotatable bonds is 5. The lowest BCUT2D eigenvalue weighted by molar-refractivity contribution is 0.0697. The molecule has 0 bridgehead atoms. The van der Waals surface area contributed by atoms with Gasteiger partial charge in [0.25, 0.3) is 0 Å². The number of halogens is 1. The van der Waals surface area contributed by atoms with Crippen LogP contribution in [0.1, 0.15) is 47.3 Å². The third kappa shape index (κ3) is 3.61. The number of carboxylic acids is 1. The molecular weight excluding hydrogens is 414 g/mol. The molecule has 5 heteroatoms. The molecule has 156 valence electrons. The molecule has 2 aromatic carbocycles. The van der Waals surface area contributed by atoms with Crippen molar-refractivity contribution in [2.75, 3.05) is 18.0 Å². The fourth-order valence-corrected chi connectivity index (χ4v) is 6.50. The first-order valence-corrected chi connectivity index (χ1v) is 12.0. The van der Waals surface area contributed by atoms with Crippen LogP contribution in [0.3, 0.4) is 0 Å². The zero-order valence-corrected chi connectivity index (χ0v) is 18.7. The fraction of sp³-hybridized carbons (Fsp3) is 0.400. The maximum Gasteiger partial charge on any atom is 0.337 e. The van der Waals surface area contributed by atoms with Crippen LogP contribution in [0.25, 0.3) is 21.2 Å². The molecule has 30 heavy (non-hydrogen) atoms. The van der Waals surface area contributed by atoms with Crippen molar-refractivity contribution in [2.24, 2.45) is 11.8 Å². The number of anilines is 1. The van der Waals surface area contributed by atoms with E-state index in [9.17, 15) is 9.90 Å². The Balaban J connectivity index is 1.48. The molecule has 0 radical (unpaired) electrons. The number of carboxylic acid groups (broad SMARTS) is 1. The quantitative estimate of drug-likeness (QED) is 0.455. The van der Waals surface area contributed by atoms with Crippen molar-refractivity contribution >= 4 is 44.7 Å². The Bertz CT molecular complexity index is 1120. The van der Waals surface area contributed by atoms with E-state index in [4.69, 9.17) is 11.6 Å². The van der Waals surface area contributed by atoms with Gasteiger partial charge < -0.3 is 10.0 Å². The maximum absolute atomic E-state index is 12.2. The van der Waals surface area contributed by atoms with Crippen LogP contribution in [0.5, 0.6) is 0 Å². The molecule has 3 nitrogen and oxygen atoms in total. The zero-order valence-electron chi connectivity index (χ0n) is 17.2. The Morgan fingerprint density at radius 3 is 2.73 bits per heavy atom. The largest absolute Gasteiger partial charge is 0.478 e. The van der Waals surface area contributed by atoms with Crippen LogP contribution in [-0.2, 0) is 0 Å². The number of thiophene rings is 1. The topological polar surface area (TPSA) is 40.5 Å². The van der Waals surface area contributed by atoms with E-state index in [2.05, 4.69) is 17.9 Å². The number of aryl methyl sites for hydroxylation is 1. The summed E-state index contributed by atoms with van der Waals surface area (Å²) in [7, 11) is 0. The lowest BCUT2D eigenvalue weighted by atomic mass is 9.79. The van der Waals surface area contributed by atoms with Crippen molar-refractivity contribution < 1.29 is 9.90 Å². The van der Waals surface area contributed by atoms with Crippen molar-refractivity contribution in [2.45, 2.75) is 39.0 Å². The fourth-order valence-electron chi connectivity index (χ4n) is 5.13. The minimum absolute atomic E-state index is 0.407. The number of hydrogen-bond donors (Lipinski definition) is 1. The highest BCUT2D eigenvalue weighted by Crippen LogP contribution is 2.42. The Morgan fingerprint density at radius 1 is 1.17 bits per heavy atom. The van der Waals surface area contributed by atoms with Gasteiger partial charge in [-0.2, -0.15) is 0 Å². The highest BCUT2D eigenvalue weighted by atomic mass is 35.5. The number of hydrogen-bond acceptors (Lipinski definition) is 3. The summed E-state index contributed by atoms with van der Waals surface area (Å²) >= 11 is 7.87. The molecule has 2 fully saturated rings. The molecule has 1 N–H and O–H groups in total. The van der Waals surface area contributed by atoms with Crippen molar-refractivity contribution in [3.8, 4) is 11.1 Å². The molecule has 0 amide bonds. The molecular formula is C25H26ClNO2S. The van der Waals surface area contributed by atoms with Gasteiger partial charge in [-0.1, -0.05) is 43.0 Å². The lowest BCUT2D eigenvalue weighted by Gasteiger charge is -2.28. The highest BCUT2D eigenvalue weighted by molar-refractivity contribution is 7.19. The van der Waals surface area contributed by atoms with Gasteiger partial charge in [0.05, 0.1) is 11.3 Å². The smallest absolute Gasteiger partial charge is 0.337 e. The molecule has 1 atom stereocenters. The summed E-state index contributed by atoms with van der Waals surface area (Å²) in [6.07, 6.45) is 6.62. The number of carbonyl (C=O) groups is 1. The summed E-state index contributed by atoms with van der Waals surface area (Å²) in [6, 6.07) is 11.9. The molecule has 1 aromatic heterocycles. The molecule has 1 saturated heterocycles. The molecule has 1 aliphatic carbocycles. The van der Waals surface area contributed by atoms with Gasteiger partial charge >= 0.3 is 5.97 Å². The van der Waals surface area contributed by atoms with Gasteiger partial charge in [0.15, 0.2) is 0 Å². The van der Waals surface area contributed by atoms with E-state index in [1.807, 2.05) is 30.3 Å². The van der Waals surface area contributed by atoms with E-state index < -0.39 is 5.97 Å². The second-order valence-corrected chi connectivity index (χ2v) is 10.5. The minimum Gasteiger partial charge on any atom is -0.478 e. The second-order valence-electron chi connectivity index (χ2n) is 8.84. The molecule has 2 aliphatic rings. The van der Waals surface area contributed by atoms with E-state index in [-0.39, 0.29) is 0 Å². The zero-order chi connectivity index (χ0) is 20.8. The van der Waals surface area contributed by atoms with Crippen molar-refractivity contribution in [3.05, 3.63) is 51.9 Å². The first kappa shape index (κ1) is 19.9. The van der Waals surface area contributed by atoms with Gasteiger partial charge in [-0.15, -0.1) is 11.3 Å². The van der Waals surface area contributed by atoms with Crippen LogP contribution >= 0.6 is 22.9 Å². The number of aromatic carboxylic acids is 1. The standard InChI is InChI=1S/C25H26ClNO2S/c1-15-24(20-7-6-19(26)13-23(20)30-15)18-5-8-22(21(12-18)25(28)29)27-10-9-17(14-27)11-16-3-2-4-16/h5-8,12-13,16-17H,2-4,9-11,14H2,1H3,(H,28,29)/t17-/m0/s1. The summed E-state index contributed by atoms with van der Waals surface area (Å²) < 4.78 is 1.13. The Labute approximate surface area is 186 Å².